The number of rotatable bonds is 4. The van der Waals surface area contributed by atoms with Crippen molar-refractivity contribution in [2.75, 3.05) is 38.2 Å². The van der Waals surface area contributed by atoms with E-state index in [9.17, 15) is 14.0 Å². The largest absolute Gasteiger partial charge is 0.497 e. The van der Waals surface area contributed by atoms with Crippen molar-refractivity contribution in [3.8, 4) is 5.75 Å². The van der Waals surface area contributed by atoms with Gasteiger partial charge < -0.3 is 14.5 Å². The van der Waals surface area contributed by atoms with Crippen LogP contribution < -0.4 is 9.64 Å². The fraction of sp³-hybridized carbons (Fsp3) is 0.292. The number of ketones is 1. The summed E-state index contributed by atoms with van der Waals surface area (Å²) in [6.45, 7) is 5.23. The second-order valence-electron chi connectivity index (χ2n) is 7.68. The molecule has 1 saturated heterocycles. The number of halogens is 1. The van der Waals surface area contributed by atoms with E-state index in [1.807, 2.05) is 36.1 Å². The second-order valence-corrected chi connectivity index (χ2v) is 7.68. The van der Waals surface area contributed by atoms with Gasteiger partial charge in [-0.05, 0) is 50.2 Å². The number of benzene rings is 2. The molecule has 0 saturated carbocycles. The summed E-state index contributed by atoms with van der Waals surface area (Å²) in [4.78, 5) is 32.9. The third kappa shape index (κ3) is 4.08. The number of aryl methyl sites for hydroxylation is 1. The molecule has 0 unspecified atom stereocenters. The number of aromatic nitrogens is 1. The van der Waals surface area contributed by atoms with Gasteiger partial charge in [-0.1, -0.05) is 0 Å². The minimum absolute atomic E-state index is 0.0743. The van der Waals surface area contributed by atoms with Crippen molar-refractivity contribution in [2.24, 2.45) is 0 Å². The molecule has 3 aromatic rings. The van der Waals surface area contributed by atoms with Crippen LogP contribution in [0.3, 0.4) is 0 Å². The molecular weight excluding hydrogens is 397 g/mol. The Morgan fingerprint density at radius 1 is 1.03 bits per heavy atom. The molecule has 1 amide bonds. The first-order chi connectivity index (χ1) is 14.9. The highest BCUT2D eigenvalue weighted by molar-refractivity contribution is 5.99. The van der Waals surface area contributed by atoms with Crippen molar-refractivity contribution in [3.63, 3.8) is 0 Å². The molecule has 1 aliphatic rings. The number of ether oxygens (including phenoxy) is 1. The van der Waals surface area contributed by atoms with E-state index in [0.29, 0.717) is 48.7 Å². The molecule has 0 spiro atoms. The SMILES string of the molecule is COc1ccc2cc(C(=O)N3CCN(c4ccc(C(C)=O)cc4F)CC3)c(C)nc2c1. The quantitative estimate of drug-likeness (QED) is 0.599. The van der Waals surface area contributed by atoms with Gasteiger partial charge in [-0.15, -0.1) is 0 Å². The van der Waals surface area contributed by atoms with E-state index in [0.717, 1.165) is 16.7 Å². The summed E-state index contributed by atoms with van der Waals surface area (Å²) in [6, 6.07) is 12.0. The van der Waals surface area contributed by atoms with Crippen LogP contribution in [-0.4, -0.2) is 54.9 Å². The molecule has 31 heavy (non-hydrogen) atoms. The van der Waals surface area contributed by atoms with E-state index in [-0.39, 0.29) is 11.7 Å². The van der Waals surface area contributed by atoms with Crippen LogP contribution in [0, 0.1) is 12.7 Å². The lowest BCUT2D eigenvalue weighted by Crippen LogP contribution is -2.49. The molecule has 0 radical (unpaired) electrons. The Morgan fingerprint density at radius 2 is 1.77 bits per heavy atom. The van der Waals surface area contributed by atoms with E-state index in [4.69, 9.17) is 4.74 Å². The number of methoxy groups -OCH3 is 1. The van der Waals surface area contributed by atoms with Gasteiger partial charge in [0, 0.05) is 43.2 Å². The van der Waals surface area contributed by atoms with Gasteiger partial charge in [0.25, 0.3) is 5.91 Å². The standard InChI is InChI=1S/C24H24FN3O3/c1-15-20(12-18-4-6-19(31-3)14-22(18)26-15)24(30)28-10-8-27(9-11-28)23-7-5-17(16(2)29)13-21(23)25/h4-7,12-14H,8-11H2,1-3H3. The fourth-order valence-electron chi connectivity index (χ4n) is 3.89. The number of nitrogens with zero attached hydrogens (tertiary/aromatic N) is 3. The van der Waals surface area contributed by atoms with Crippen LogP contribution in [0.1, 0.15) is 33.3 Å². The Labute approximate surface area is 180 Å². The molecule has 7 heteroatoms. The Morgan fingerprint density at radius 3 is 2.42 bits per heavy atom. The Kier molecular flexibility index (Phi) is 5.59. The average molecular weight is 421 g/mol. The van der Waals surface area contributed by atoms with Crippen molar-refractivity contribution in [2.45, 2.75) is 13.8 Å². The third-order valence-corrected chi connectivity index (χ3v) is 5.71. The minimum atomic E-state index is -0.419. The van der Waals surface area contributed by atoms with E-state index in [2.05, 4.69) is 4.98 Å². The molecule has 160 valence electrons. The molecule has 2 heterocycles. The number of piperazine rings is 1. The summed E-state index contributed by atoms with van der Waals surface area (Å²) in [5.41, 5.74) is 2.83. The van der Waals surface area contributed by atoms with E-state index in [1.54, 1.807) is 24.1 Å². The summed E-state index contributed by atoms with van der Waals surface area (Å²) in [6.07, 6.45) is 0. The summed E-state index contributed by atoms with van der Waals surface area (Å²) < 4.78 is 19.7. The number of amides is 1. The van der Waals surface area contributed by atoms with Crippen LogP contribution >= 0.6 is 0 Å². The number of hydrogen-bond donors (Lipinski definition) is 0. The monoisotopic (exact) mass is 421 g/mol. The molecule has 0 atom stereocenters. The first kappa shape index (κ1) is 20.8. The molecule has 0 bridgehead atoms. The maximum Gasteiger partial charge on any atom is 0.255 e. The summed E-state index contributed by atoms with van der Waals surface area (Å²) in [5, 5.41) is 0.876. The highest BCUT2D eigenvalue weighted by atomic mass is 19.1. The molecule has 1 fully saturated rings. The van der Waals surface area contributed by atoms with E-state index >= 15 is 0 Å². The van der Waals surface area contributed by atoms with Crippen LogP contribution in [0.4, 0.5) is 10.1 Å². The lowest BCUT2D eigenvalue weighted by Gasteiger charge is -2.36. The van der Waals surface area contributed by atoms with Gasteiger partial charge in [-0.2, -0.15) is 0 Å². The summed E-state index contributed by atoms with van der Waals surface area (Å²) >= 11 is 0. The van der Waals surface area contributed by atoms with E-state index in [1.165, 1.54) is 13.0 Å². The number of carbonyl (C=O) groups excluding carboxylic acids is 2. The molecule has 2 aromatic carbocycles. The number of pyridine rings is 1. The van der Waals surface area contributed by atoms with Crippen LogP contribution in [0.5, 0.6) is 5.75 Å². The Bertz CT molecular complexity index is 1170. The maximum absolute atomic E-state index is 14.5. The zero-order valence-electron chi connectivity index (χ0n) is 17.8. The number of carbonyl (C=O) groups is 2. The fourth-order valence-corrected chi connectivity index (χ4v) is 3.89. The number of anilines is 1. The van der Waals surface area contributed by atoms with E-state index < -0.39 is 5.82 Å². The van der Waals surface area contributed by atoms with Gasteiger partial charge in [0.2, 0.25) is 0 Å². The normalized spacial score (nSPS) is 14.1. The minimum Gasteiger partial charge on any atom is -0.497 e. The zero-order valence-corrected chi connectivity index (χ0v) is 17.8. The molecule has 4 rings (SSSR count). The van der Waals surface area contributed by atoms with Crippen molar-refractivity contribution < 1.29 is 18.7 Å². The van der Waals surface area contributed by atoms with Gasteiger partial charge in [0.15, 0.2) is 5.78 Å². The summed E-state index contributed by atoms with van der Waals surface area (Å²) in [5.74, 6) is 0.0593. The predicted octanol–water partition coefficient (Wildman–Crippen LogP) is 3.86. The number of hydrogen-bond acceptors (Lipinski definition) is 5. The first-order valence-electron chi connectivity index (χ1n) is 10.2. The first-order valence-corrected chi connectivity index (χ1v) is 10.2. The Hall–Kier alpha value is -3.48. The highest BCUT2D eigenvalue weighted by Gasteiger charge is 2.25. The van der Waals surface area contributed by atoms with Gasteiger partial charge in [0.1, 0.15) is 11.6 Å². The lowest BCUT2D eigenvalue weighted by atomic mass is 10.1. The molecule has 6 nitrogen and oxygen atoms in total. The number of Topliss-reactive ketones (excluding diaryl/α,β-unsaturated/α-hetero) is 1. The van der Waals surface area contributed by atoms with Crippen molar-refractivity contribution in [1.82, 2.24) is 9.88 Å². The van der Waals surface area contributed by atoms with Gasteiger partial charge >= 0.3 is 0 Å². The smallest absolute Gasteiger partial charge is 0.255 e. The predicted molar refractivity (Wildman–Crippen MR) is 118 cm³/mol. The second kappa shape index (κ2) is 8.34. The molecule has 1 aliphatic heterocycles. The van der Waals surface area contributed by atoms with Gasteiger partial charge in [-0.3, -0.25) is 14.6 Å². The maximum atomic E-state index is 14.5. The highest BCUT2D eigenvalue weighted by Crippen LogP contribution is 2.25. The van der Waals surface area contributed by atoms with Gasteiger partial charge in [-0.25, -0.2) is 4.39 Å². The topological polar surface area (TPSA) is 62.7 Å². The molecule has 1 aromatic heterocycles. The molecule has 0 N–H and O–H groups in total. The molecule has 0 aliphatic carbocycles. The van der Waals surface area contributed by atoms with Crippen molar-refractivity contribution in [3.05, 3.63) is 65.1 Å². The number of fused-ring (bicyclic) bond motifs is 1. The zero-order chi connectivity index (χ0) is 22.1. The molecular formula is C24H24FN3O3. The summed E-state index contributed by atoms with van der Waals surface area (Å²) in [7, 11) is 1.61. The van der Waals surface area contributed by atoms with Crippen LogP contribution in [-0.2, 0) is 0 Å². The van der Waals surface area contributed by atoms with Crippen molar-refractivity contribution in [1.29, 1.82) is 0 Å². The van der Waals surface area contributed by atoms with Crippen LogP contribution in [0.15, 0.2) is 42.5 Å². The van der Waals surface area contributed by atoms with Gasteiger partial charge in [0.05, 0.1) is 29.6 Å². The third-order valence-electron chi connectivity index (χ3n) is 5.71. The van der Waals surface area contributed by atoms with Crippen LogP contribution in [0.2, 0.25) is 0 Å². The van der Waals surface area contributed by atoms with Crippen LogP contribution in [0.25, 0.3) is 10.9 Å². The lowest BCUT2D eigenvalue weighted by molar-refractivity contribution is 0.0745. The van der Waals surface area contributed by atoms with Crippen molar-refractivity contribution >= 4 is 28.3 Å². The average Bonchev–Trinajstić information content (AvgIpc) is 2.77. The Balaban J connectivity index is 1.49.